The molecule has 156 valence electrons. The highest BCUT2D eigenvalue weighted by molar-refractivity contribution is 6.11. The van der Waals surface area contributed by atoms with Gasteiger partial charge in [0, 0.05) is 11.1 Å². The summed E-state index contributed by atoms with van der Waals surface area (Å²) in [6.07, 6.45) is 0. The van der Waals surface area contributed by atoms with E-state index < -0.39 is 29.9 Å². The Labute approximate surface area is 177 Å². The molecule has 0 radical (unpaired) electrons. The number of nitrogens with zero attached hydrogens (tertiary/aromatic N) is 1. The number of nitrogens with one attached hydrogen (secondary N) is 2. The normalized spacial score (nSPS) is 19.6. The number of imide groups is 1. The Morgan fingerprint density at radius 2 is 1.84 bits per heavy atom. The molecule has 2 aliphatic heterocycles. The first kappa shape index (κ1) is 18.9. The lowest BCUT2D eigenvalue weighted by Gasteiger charge is -2.22. The molecule has 3 aromatic rings. The minimum Gasteiger partial charge on any atom is -0.454 e. The Kier molecular flexibility index (Phi) is 4.28. The molecule has 0 saturated carbocycles. The van der Waals surface area contributed by atoms with E-state index in [1.165, 1.54) is 0 Å². The van der Waals surface area contributed by atoms with Crippen LogP contribution in [-0.4, -0.2) is 36.1 Å². The molecular formula is C23H19N3O5. The second-order valence-corrected chi connectivity index (χ2v) is 7.59. The zero-order chi connectivity index (χ0) is 21.6. The second kappa shape index (κ2) is 7.02. The van der Waals surface area contributed by atoms with Gasteiger partial charge in [0.2, 0.25) is 12.7 Å². The molecule has 0 aromatic heterocycles. The number of fused-ring (bicyclic) bond motifs is 2. The lowest BCUT2D eigenvalue weighted by atomic mass is 9.91. The molecule has 3 aromatic carbocycles. The maximum atomic E-state index is 13.1. The number of benzene rings is 3. The second-order valence-electron chi connectivity index (χ2n) is 7.59. The predicted molar refractivity (Wildman–Crippen MR) is 113 cm³/mol. The molecule has 2 aliphatic rings. The molecule has 0 aliphatic carbocycles. The van der Waals surface area contributed by atoms with Crippen LogP contribution in [0.3, 0.4) is 0 Å². The van der Waals surface area contributed by atoms with Gasteiger partial charge in [-0.05, 0) is 36.1 Å². The number of rotatable bonds is 4. The van der Waals surface area contributed by atoms with Crippen LogP contribution in [0.2, 0.25) is 0 Å². The number of hydrogen-bond donors (Lipinski definition) is 2. The molecule has 1 saturated heterocycles. The molecule has 5 rings (SSSR count). The van der Waals surface area contributed by atoms with Crippen molar-refractivity contribution in [3.05, 3.63) is 66.2 Å². The molecule has 8 heteroatoms. The van der Waals surface area contributed by atoms with E-state index in [1.54, 1.807) is 31.2 Å². The van der Waals surface area contributed by atoms with Crippen molar-refractivity contribution in [1.82, 2.24) is 10.2 Å². The topological polar surface area (TPSA) is 97.0 Å². The van der Waals surface area contributed by atoms with E-state index in [4.69, 9.17) is 9.47 Å². The third-order valence-electron chi connectivity index (χ3n) is 5.59. The Hall–Kier alpha value is -4.07. The zero-order valence-electron chi connectivity index (χ0n) is 16.7. The van der Waals surface area contributed by atoms with Crippen LogP contribution >= 0.6 is 0 Å². The smallest absolute Gasteiger partial charge is 0.325 e. The summed E-state index contributed by atoms with van der Waals surface area (Å²) < 4.78 is 10.7. The Balaban J connectivity index is 1.35. The highest BCUT2D eigenvalue weighted by Crippen LogP contribution is 2.37. The van der Waals surface area contributed by atoms with Gasteiger partial charge in [0.1, 0.15) is 12.1 Å². The van der Waals surface area contributed by atoms with Crippen molar-refractivity contribution in [3.8, 4) is 11.5 Å². The van der Waals surface area contributed by atoms with E-state index in [2.05, 4.69) is 10.6 Å². The molecule has 0 bridgehead atoms. The van der Waals surface area contributed by atoms with E-state index in [9.17, 15) is 14.4 Å². The van der Waals surface area contributed by atoms with Gasteiger partial charge in [-0.2, -0.15) is 0 Å². The fourth-order valence-corrected chi connectivity index (χ4v) is 3.91. The molecule has 1 unspecified atom stereocenters. The van der Waals surface area contributed by atoms with E-state index >= 15 is 0 Å². The van der Waals surface area contributed by atoms with Crippen molar-refractivity contribution in [2.75, 3.05) is 18.7 Å². The summed E-state index contributed by atoms with van der Waals surface area (Å²) in [4.78, 5) is 39.3. The summed E-state index contributed by atoms with van der Waals surface area (Å²) in [6.45, 7) is 1.32. The van der Waals surface area contributed by atoms with E-state index in [0.717, 1.165) is 15.7 Å². The quantitative estimate of drug-likeness (QED) is 0.636. The molecule has 2 heterocycles. The number of ether oxygens (including phenoxy) is 2. The van der Waals surface area contributed by atoms with Gasteiger partial charge < -0.3 is 20.1 Å². The van der Waals surface area contributed by atoms with E-state index in [-0.39, 0.29) is 6.79 Å². The van der Waals surface area contributed by atoms with Crippen LogP contribution in [-0.2, 0) is 15.1 Å². The largest absolute Gasteiger partial charge is 0.454 e. The molecule has 31 heavy (non-hydrogen) atoms. The molecule has 1 fully saturated rings. The van der Waals surface area contributed by atoms with Crippen molar-refractivity contribution in [1.29, 1.82) is 0 Å². The standard InChI is InChI=1S/C23H19N3O5/c1-23(15-9-10-18-19(11-15)31-13-30-18)21(28)26(22(29)25-23)12-20(27)24-17-8-4-6-14-5-2-3-7-16(14)17/h2-11H,12-13H2,1H3,(H,24,27)(H,25,29). The lowest BCUT2D eigenvalue weighted by Crippen LogP contribution is -2.42. The summed E-state index contributed by atoms with van der Waals surface area (Å²) in [6, 6.07) is 17.6. The summed E-state index contributed by atoms with van der Waals surface area (Å²) in [5.41, 5.74) is -0.140. The minimum atomic E-state index is -1.31. The molecule has 0 spiro atoms. The van der Waals surface area contributed by atoms with Gasteiger partial charge in [0.05, 0.1) is 0 Å². The highest BCUT2D eigenvalue weighted by atomic mass is 16.7. The van der Waals surface area contributed by atoms with Crippen LogP contribution in [0.15, 0.2) is 60.7 Å². The number of carbonyl (C=O) groups excluding carboxylic acids is 3. The van der Waals surface area contributed by atoms with Gasteiger partial charge in [-0.15, -0.1) is 0 Å². The van der Waals surface area contributed by atoms with Crippen LogP contribution in [0.1, 0.15) is 12.5 Å². The molecule has 1 atom stereocenters. The van der Waals surface area contributed by atoms with Gasteiger partial charge in [-0.25, -0.2) is 4.79 Å². The third-order valence-corrected chi connectivity index (χ3v) is 5.59. The van der Waals surface area contributed by atoms with Crippen LogP contribution in [0, 0.1) is 0 Å². The van der Waals surface area contributed by atoms with Crippen LogP contribution in [0.5, 0.6) is 11.5 Å². The number of carbonyl (C=O) groups is 3. The maximum Gasteiger partial charge on any atom is 0.325 e. The van der Waals surface area contributed by atoms with Crippen LogP contribution < -0.4 is 20.1 Å². The molecular weight excluding hydrogens is 398 g/mol. The average Bonchev–Trinajstić information content (AvgIpc) is 3.32. The van der Waals surface area contributed by atoms with Crippen molar-refractivity contribution in [2.24, 2.45) is 0 Å². The van der Waals surface area contributed by atoms with Crippen molar-refractivity contribution < 1.29 is 23.9 Å². The number of urea groups is 1. The molecule has 4 amide bonds. The predicted octanol–water partition coefficient (Wildman–Crippen LogP) is 2.97. The fourth-order valence-electron chi connectivity index (χ4n) is 3.91. The van der Waals surface area contributed by atoms with Gasteiger partial charge >= 0.3 is 6.03 Å². The van der Waals surface area contributed by atoms with Gasteiger partial charge in [-0.1, -0.05) is 42.5 Å². The first-order chi connectivity index (χ1) is 15.0. The highest BCUT2D eigenvalue weighted by Gasteiger charge is 2.49. The maximum absolute atomic E-state index is 13.1. The van der Waals surface area contributed by atoms with E-state index in [1.807, 2.05) is 36.4 Å². The Morgan fingerprint density at radius 1 is 1.06 bits per heavy atom. The Morgan fingerprint density at radius 3 is 2.71 bits per heavy atom. The van der Waals surface area contributed by atoms with Gasteiger partial charge in [0.15, 0.2) is 11.5 Å². The molecule has 8 nitrogen and oxygen atoms in total. The summed E-state index contributed by atoms with van der Waals surface area (Å²) >= 11 is 0. The van der Waals surface area contributed by atoms with Crippen molar-refractivity contribution in [3.63, 3.8) is 0 Å². The fraction of sp³-hybridized carbons (Fsp3) is 0.174. The first-order valence-corrected chi connectivity index (χ1v) is 9.77. The molecule has 2 N–H and O–H groups in total. The summed E-state index contributed by atoms with van der Waals surface area (Å²) in [5.74, 6) is 0.114. The summed E-state index contributed by atoms with van der Waals surface area (Å²) in [7, 11) is 0. The van der Waals surface area contributed by atoms with Crippen molar-refractivity contribution >= 4 is 34.3 Å². The first-order valence-electron chi connectivity index (χ1n) is 9.77. The van der Waals surface area contributed by atoms with Crippen LogP contribution in [0.4, 0.5) is 10.5 Å². The average molecular weight is 417 g/mol. The zero-order valence-corrected chi connectivity index (χ0v) is 16.7. The Bertz CT molecular complexity index is 1240. The van der Waals surface area contributed by atoms with Crippen LogP contribution in [0.25, 0.3) is 10.8 Å². The number of hydrogen-bond acceptors (Lipinski definition) is 5. The lowest BCUT2D eigenvalue weighted by molar-refractivity contribution is -0.133. The van der Waals surface area contributed by atoms with Crippen molar-refractivity contribution in [2.45, 2.75) is 12.5 Å². The van der Waals surface area contributed by atoms with Gasteiger partial charge in [0.25, 0.3) is 5.91 Å². The SMILES string of the molecule is CC1(c2ccc3c(c2)OCO3)NC(=O)N(CC(=O)Nc2cccc3ccccc23)C1=O. The number of anilines is 1. The monoisotopic (exact) mass is 417 g/mol. The van der Waals surface area contributed by atoms with E-state index in [0.29, 0.717) is 22.7 Å². The van der Waals surface area contributed by atoms with Gasteiger partial charge in [-0.3, -0.25) is 14.5 Å². The third kappa shape index (κ3) is 3.13. The summed E-state index contributed by atoms with van der Waals surface area (Å²) in [5, 5.41) is 7.36. The number of amides is 4. The minimum absolute atomic E-state index is 0.107.